The number of anilines is 1. The van der Waals surface area contributed by atoms with Gasteiger partial charge in [0.05, 0.1) is 14.5 Å². The highest BCUT2D eigenvalue weighted by Crippen LogP contribution is 2.33. The lowest BCUT2D eigenvalue weighted by Crippen LogP contribution is -2.21. The van der Waals surface area contributed by atoms with Gasteiger partial charge in [-0.3, -0.25) is 4.79 Å². The number of nitrogens with zero attached hydrogens (tertiary/aromatic N) is 1. The fourth-order valence-electron chi connectivity index (χ4n) is 1.38. The molecule has 1 heterocycles. The summed E-state index contributed by atoms with van der Waals surface area (Å²) in [5.74, 6) is -0.112. The minimum atomic E-state index is -0.219. The summed E-state index contributed by atoms with van der Waals surface area (Å²) in [5.41, 5.74) is 0.656. The van der Waals surface area contributed by atoms with Gasteiger partial charge in [-0.1, -0.05) is 57.4 Å². The number of fused-ring (bicyclic) bond motifs is 1. The number of benzene rings is 1. The van der Waals surface area contributed by atoms with Gasteiger partial charge in [-0.05, 0) is 18.6 Å². The van der Waals surface area contributed by atoms with Crippen LogP contribution in [0.15, 0.2) is 12.1 Å². The number of amides is 1. The van der Waals surface area contributed by atoms with Crippen molar-refractivity contribution >= 4 is 71.7 Å². The number of rotatable bonds is 3. The van der Waals surface area contributed by atoms with Gasteiger partial charge in [-0.15, -0.1) is 0 Å². The van der Waals surface area contributed by atoms with Crippen molar-refractivity contribution in [2.45, 2.75) is 18.2 Å². The van der Waals surface area contributed by atoms with Crippen LogP contribution in [0.4, 0.5) is 5.13 Å². The quantitative estimate of drug-likeness (QED) is 0.797. The van der Waals surface area contributed by atoms with Crippen LogP contribution in [0.25, 0.3) is 10.2 Å². The van der Waals surface area contributed by atoms with Gasteiger partial charge >= 0.3 is 0 Å². The predicted molar refractivity (Wildman–Crippen MR) is 81.3 cm³/mol. The highest BCUT2D eigenvalue weighted by Gasteiger charge is 2.15. The van der Waals surface area contributed by atoms with Crippen LogP contribution in [0, 0.1) is 0 Å². The van der Waals surface area contributed by atoms with Crippen molar-refractivity contribution in [1.82, 2.24) is 4.98 Å². The number of alkyl halides is 1. The molecule has 1 aromatic carbocycles. The van der Waals surface area contributed by atoms with E-state index in [0.717, 1.165) is 4.70 Å². The molecule has 0 spiro atoms. The second-order valence-electron chi connectivity index (χ2n) is 3.62. The molecule has 96 valence electrons. The molecular formula is C11H9BrCl2N2OS. The smallest absolute Gasteiger partial charge is 0.239 e. The van der Waals surface area contributed by atoms with Crippen LogP contribution < -0.4 is 5.32 Å². The van der Waals surface area contributed by atoms with Crippen molar-refractivity contribution in [3.05, 3.63) is 22.2 Å². The number of carbonyl (C=O) groups excluding carboxylic acids is 1. The molecule has 0 aliphatic carbocycles. The first-order chi connectivity index (χ1) is 8.51. The molecule has 0 radical (unpaired) electrons. The van der Waals surface area contributed by atoms with E-state index in [1.54, 1.807) is 12.1 Å². The standard InChI is InChI=1S/C11H9BrCl2N2OS/c1-2-6(12)10(17)16-11-15-9-7(14)3-5(13)4-8(9)18-11/h3-4,6H,2H2,1H3,(H,15,16,17)/t6-/m0/s1. The molecule has 0 aliphatic heterocycles. The lowest BCUT2D eigenvalue weighted by molar-refractivity contribution is -0.115. The monoisotopic (exact) mass is 366 g/mol. The Hall–Kier alpha value is -0.360. The van der Waals surface area contributed by atoms with E-state index in [0.29, 0.717) is 27.1 Å². The third-order valence-corrected chi connectivity index (χ3v) is 4.77. The molecule has 0 fully saturated rings. The molecule has 3 nitrogen and oxygen atoms in total. The van der Waals surface area contributed by atoms with Crippen LogP contribution in [-0.4, -0.2) is 15.7 Å². The van der Waals surface area contributed by atoms with Gasteiger partial charge in [0.25, 0.3) is 0 Å². The fourth-order valence-corrected chi connectivity index (χ4v) is 3.09. The van der Waals surface area contributed by atoms with Crippen LogP contribution in [0.5, 0.6) is 0 Å². The first kappa shape index (κ1) is 14.1. The summed E-state index contributed by atoms with van der Waals surface area (Å²) >= 11 is 16.6. The molecule has 2 rings (SSSR count). The number of thiazole rings is 1. The summed E-state index contributed by atoms with van der Waals surface area (Å²) in [7, 11) is 0. The number of aromatic nitrogens is 1. The maximum atomic E-state index is 11.7. The van der Waals surface area contributed by atoms with E-state index >= 15 is 0 Å². The van der Waals surface area contributed by atoms with E-state index in [9.17, 15) is 4.79 Å². The van der Waals surface area contributed by atoms with E-state index in [-0.39, 0.29) is 10.7 Å². The Morgan fingerprint density at radius 2 is 2.28 bits per heavy atom. The largest absolute Gasteiger partial charge is 0.301 e. The van der Waals surface area contributed by atoms with E-state index in [2.05, 4.69) is 26.2 Å². The van der Waals surface area contributed by atoms with Crippen molar-refractivity contribution in [2.75, 3.05) is 5.32 Å². The fraction of sp³-hybridized carbons (Fsp3) is 0.273. The summed E-state index contributed by atoms with van der Waals surface area (Å²) in [5, 5.41) is 4.32. The van der Waals surface area contributed by atoms with Gasteiger partial charge in [-0.25, -0.2) is 4.98 Å². The number of carbonyl (C=O) groups is 1. The molecule has 7 heteroatoms. The van der Waals surface area contributed by atoms with Crippen LogP contribution in [-0.2, 0) is 4.79 Å². The normalized spacial score (nSPS) is 12.7. The topological polar surface area (TPSA) is 42.0 Å². The Kier molecular flexibility index (Phi) is 4.48. The first-order valence-electron chi connectivity index (χ1n) is 5.21. The third kappa shape index (κ3) is 2.96. The Morgan fingerprint density at radius 1 is 1.56 bits per heavy atom. The molecule has 0 aliphatic rings. The predicted octanol–water partition coefficient (Wildman–Crippen LogP) is 4.72. The van der Waals surface area contributed by atoms with Gasteiger partial charge in [-0.2, -0.15) is 0 Å². The van der Waals surface area contributed by atoms with Crippen molar-refractivity contribution in [3.8, 4) is 0 Å². The Bertz CT molecular complexity index is 602. The number of nitrogens with one attached hydrogen (secondary N) is 1. The molecule has 0 saturated carbocycles. The minimum Gasteiger partial charge on any atom is -0.301 e. The van der Waals surface area contributed by atoms with Gasteiger partial charge in [0.1, 0.15) is 5.52 Å². The first-order valence-corrected chi connectivity index (χ1v) is 7.70. The summed E-state index contributed by atoms with van der Waals surface area (Å²) in [6, 6.07) is 3.41. The second-order valence-corrected chi connectivity index (χ2v) is 6.60. The zero-order valence-corrected chi connectivity index (χ0v) is 13.3. The summed E-state index contributed by atoms with van der Waals surface area (Å²) in [6.07, 6.45) is 0.712. The molecular weight excluding hydrogens is 359 g/mol. The third-order valence-electron chi connectivity index (χ3n) is 2.29. The number of halogens is 3. The highest BCUT2D eigenvalue weighted by atomic mass is 79.9. The van der Waals surface area contributed by atoms with Crippen molar-refractivity contribution < 1.29 is 4.79 Å². The zero-order valence-electron chi connectivity index (χ0n) is 9.34. The average molecular weight is 368 g/mol. The molecule has 18 heavy (non-hydrogen) atoms. The Labute approximate surface area is 127 Å². The van der Waals surface area contributed by atoms with Gasteiger partial charge < -0.3 is 5.32 Å². The van der Waals surface area contributed by atoms with Crippen molar-refractivity contribution in [3.63, 3.8) is 0 Å². The molecule has 1 atom stereocenters. The van der Waals surface area contributed by atoms with Crippen molar-refractivity contribution in [1.29, 1.82) is 0 Å². The molecule has 1 N–H and O–H groups in total. The lowest BCUT2D eigenvalue weighted by atomic mass is 10.3. The van der Waals surface area contributed by atoms with Gasteiger partial charge in [0.2, 0.25) is 5.91 Å². The second kappa shape index (κ2) is 5.74. The van der Waals surface area contributed by atoms with Crippen LogP contribution in [0.3, 0.4) is 0 Å². The highest BCUT2D eigenvalue weighted by molar-refractivity contribution is 9.10. The lowest BCUT2D eigenvalue weighted by Gasteiger charge is -2.04. The average Bonchev–Trinajstić information content (AvgIpc) is 2.70. The Balaban J connectivity index is 2.31. The SMILES string of the molecule is CC[C@H](Br)C(=O)Nc1nc2c(Cl)cc(Cl)cc2s1. The summed E-state index contributed by atoms with van der Waals surface area (Å²) in [4.78, 5) is 15.8. The molecule has 0 bridgehead atoms. The van der Waals surface area contributed by atoms with E-state index in [1.807, 2.05) is 6.92 Å². The van der Waals surface area contributed by atoms with Crippen molar-refractivity contribution in [2.24, 2.45) is 0 Å². The molecule has 0 unspecified atom stereocenters. The molecule has 0 saturated heterocycles. The zero-order chi connectivity index (χ0) is 13.3. The summed E-state index contributed by atoms with van der Waals surface area (Å²) in [6.45, 7) is 1.92. The summed E-state index contributed by atoms with van der Waals surface area (Å²) < 4.78 is 0.852. The molecule has 1 aromatic heterocycles. The van der Waals surface area contributed by atoms with Crippen LogP contribution in [0.1, 0.15) is 13.3 Å². The maximum Gasteiger partial charge on any atom is 0.239 e. The van der Waals surface area contributed by atoms with E-state index in [1.165, 1.54) is 11.3 Å². The van der Waals surface area contributed by atoms with Crippen LogP contribution >= 0.6 is 50.5 Å². The Morgan fingerprint density at radius 3 is 2.94 bits per heavy atom. The van der Waals surface area contributed by atoms with Gasteiger partial charge in [0, 0.05) is 5.02 Å². The van der Waals surface area contributed by atoms with E-state index in [4.69, 9.17) is 23.2 Å². The minimum absolute atomic E-state index is 0.112. The molecule has 1 amide bonds. The number of hydrogen-bond acceptors (Lipinski definition) is 3. The number of hydrogen-bond donors (Lipinski definition) is 1. The molecule has 2 aromatic rings. The van der Waals surface area contributed by atoms with Crippen LogP contribution in [0.2, 0.25) is 10.0 Å². The van der Waals surface area contributed by atoms with E-state index < -0.39 is 0 Å². The maximum absolute atomic E-state index is 11.7. The van der Waals surface area contributed by atoms with Gasteiger partial charge in [0.15, 0.2) is 5.13 Å².